The molecule has 0 N–H and O–H groups in total. The van der Waals surface area contributed by atoms with Gasteiger partial charge in [0.15, 0.2) is 5.79 Å². The van der Waals surface area contributed by atoms with Crippen molar-refractivity contribution in [2.45, 2.75) is 31.3 Å². The van der Waals surface area contributed by atoms with Gasteiger partial charge >= 0.3 is 5.97 Å². The molecule has 0 saturated carbocycles. The van der Waals surface area contributed by atoms with E-state index in [0.717, 1.165) is 0 Å². The van der Waals surface area contributed by atoms with Crippen molar-refractivity contribution in [3.63, 3.8) is 0 Å². The molecule has 0 spiro atoms. The van der Waals surface area contributed by atoms with Crippen molar-refractivity contribution in [1.29, 1.82) is 0 Å². The molecule has 1 saturated heterocycles. The Bertz CT molecular complexity index is 394. The van der Waals surface area contributed by atoms with Gasteiger partial charge in [-0.15, -0.1) is 0 Å². The van der Waals surface area contributed by atoms with E-state index in [2.05, 4.69) is 6.58 Å². The zero-order valence-corrected chi connectivity index (χ0v) is 10.0. The first-order valence-electron chi connectivity index (χ1n) is 5.52. The van der Waals surface area contributed by atoms with E-state index in [4.69, 9.17) is 14.2 Å². The summed E-state index contributed by atoms with van der Waals surface area (Å²) in [6.07, 6.45) is 8.14. The summed E-state index contributed by atoms with van der Waals surface area (Å²) >= 11 is 0. The third-order valence-corrected chi connectivity index (χ3v) is 2.64. The van der Waals surface area contributed by atoms with Gasteiger partial charge in [0, 0.05) is 0 Å². The molecular weight excluding hydrogens is 220 g/mol. The second-order valence-electron chi connectivity index (χ2n) is 4.46. The van der Waals surface area contributed by atoms with Crippen molar-refractivity contribution in [3.8, 4) is 0 Å². The van der Waals surface area contributed by atoms with Crippen LogP contribution in [0.25, 0.3) is 0 Å². The highest BCUT2D eigenvalue weighted by Gasteiger charge is 2.57. The van der Waals surface area contributed by atoms with Crippen LogP contribution in [-0.4, -0.2) is 30.1 Å². The minimum Gasteiger partial charge on any atom is -0.459 e. The lowest BCUT2D eigenvalue weighted by Crippen LogP contribution is -2.47. The number of ether oxygens (including phenoxy) is 3. The van der Waals surface area contributed by atoms with E-state index < -0.39 is 23.5 Å². The Hall–Kier alpha value is -1.39. The van der Waals surface area contributed by atoms with Crippen LogP contribution in [0.1, 0.15) is 13.8 Å². The number of hydrogen-bond donors (Lipinski definition) is 0. The van der Waals surface area contributed by atoms with Crippen LogP contribution in [0.15, 0.2) is 37.0 Å². The summed E-state index contributed by atoms with van der Waals surface area (Å²) in [6, 6.07) is 0. The van der Waals surface area contributed by atoms with Crippen molar-refractivity contribution >= 4 is 5.97 Å². The van der Waals surface area contributed by atoms with Gasteiger partial charge in [-0.05, 0) is 19.9 Å². The minimum absolute atomic E-state index is 0.161. The van der Waals surface area contributed by atoms with Gasteiger partial charge in [-0.25, -0.2) is 4.79 Å². The maximum atomic E-state index is 12.1. The molecular formula is C13H16O4. The summed E-state index contributed by atoms with van der Waals surface area (Å²) in [5, 5.41) is 0. The topological polar surface area (TPSA) is 44.8 Å². The van der Waals surface area contributed by atoms with Crippen LogP contribution in [0, 0.1) is 0 Å². The molecule has 1 aliphatic carbocycles. The van der Waals surface area contributed by atoms with E-state index in [9.17, 15) is 4.79 Å². The number of carbonyl (C=O) groups excluding carboxylic acids is 1. The van der Waals surface area contributed by atoms with Crippen molar-refractivity contribution in [3.05, 3.63) is 37.0 Å². The van der Waals surface area contributed by atoms with Crippen LogP contribution in [0.4, 0.5) is 0 Å². The van der Waals surface area contributed by atoms with E-state index >= 15 is 0 Å². The fourth-order valence-electron chi connectivity index (χ4n) is 2.03. The predicted octanol–water partition coefficient (Wildman–Crippen LogP) is 1.73. The number of allylic oxidation sites excluding steroid dienone is 2. The van der Waals surface area contributed by atoms with Crippen molar-refractivity contribution < 1.29 is 19.0 Å². The van der Waals surface area contributed by atoms with Gasteiger partial charge < -0.3 is 14.2 Å². The Morgan fingerprint density at radius 3 is 3.00 bits per heavy atom. The molecule has 0 aromatic carbocycles. The third-order valence-electron chi connectivity index (χ3n) is 2.64. The molecule has 1 fully saturated rings. The highest BCUT2D eigenvalue weighted by atomic mass is 16.8. The van der Waals surface area contributed by atoms with Gasteiger partial charge in [0.05, 0.1) is 0 Å². The average molecular weight is 236 g/mol. The third kappa shape index (κ3) is 2.06. The molecule has 1 heterocycles. The summed E-state index contributed by atoms with van der Waals surface area (Å²) in [5.74, 6) is -1.26. The smallest absolute Gasteiger partial charge is 0.346 e. The first-order chi connectivity index (χ1) is 8.00. The van der Waals surface area contributed by atoms with Gasteiger partial charge in [-0.2, -0.15) is 0 Å². The molecule has 0 unspecified atom stereocenters. The standard InChI is InChI=1S/C13H16O4/c1-4-9-15-11(14)13-8-6-5-7-10(13)16-12(2,3)17-13/h4-8,10H,1,9H2,2-3H3/t10-,13+/m1/s1. The quantitative estimate of drug-likeness (QED) is 0.553. The lowest BCUT2D eigenvalue weighted by atomic mass is 9.92. The zero-order valence-electron chi connectivity index (χ0n) is 10.0. The maximum Gasteiger partial charge on any atom is 0.346 e. The van der Waals surface area contributed by atoms with Gasteiger partial charge in [0.2, 0.25) is 5.60 Å². The highest BCUT2D eigenvalue weighted by molar-refractivity contribution is 5.84. The van der Waals surface area contributed by atoms with Crippen molar-refractivity contribution in [1.82, 2.24) is 0 Å². The summed E-state index contributed by atoms with van der Waals surface area (Å²) in [5.41, 5.74) is -1.17. The second-order valence-corrected chi connectivity index (χ2v) is 4.46. The Morgan fingerprint density at radius 2 is 2.29 bits per heavy atom. The van der Waals surface area contributed by atoms with Gasteiger partial charge in [0.25, 0.3) is 0 Å². The van der Waals surface area contributed by atoms with Gasteiger partial charge in [-0.3, -0.25) is 0 Å². The Labute approximate surface area is 101 Å². The van der Waals surface area contributed by atoms with Crippen LogP contribution in [0.3, 0.4) is 0 Å². The summed E-state index contributed by atoms with van der Waals surface area (Å²) in [6.45, 7) is 7.22. The van der Waals surface area contributed by atoms with Crippen LogP contribution in [0.2, 0.25) is 0 Å². The van der Waals surface area contributed by atoms with Gasteiger partial charge in [0.1, 0.15) is 12.7 Å². The molecule has 0 aromatic rings. The van der Waals surface area contributed by atoms with Crippen LogP contribution < -0.4 is 0 Å². The molecule has 1 aliphatic heterocycles. The monoisotopic (exact) mass is 236 g/mol. The van der Waals surface area contributed by atoms with Crippen LogP contribution >= 0.6 is 0 Å². The summed E-state index contributed by atoms with van der Waals surface area (Å²) in [4.78, 5) is 12.1. The van der Waals surface area contributed by atoms with E-state index in [1.165, 1.54) is 6.08 Å². The second kappa shape index (κ2) is 4.13. The summed E-state index contributed by atoms with van der Waals surface area (Å²) in [7, 11) is 0. The first-order valence-corrected chi connectivity index (χ1v) is 5.52. The number of hydrogen-bond acceptors (Lipinski definition) is 4. The summed E-state index contributed by atoms with van der Waals surface area (Å²) < 4.78 is 16.5. The predicted molar refractivity (Wildman–Crippen MR) is 62.2 cm³/mol. The van der Waals surface area contributed by atoms with E-state index in [1.807, 2.05) is 6.08 Å². The number of rotatable bonds is 3. The maximum absolute atomic E-state index is 12.1. The Morgan fingerprint density at radius 1 is 1.53 bits per heavy atom. The Kier molecular flexibility index (Phi) is 2.93. The normalized spacial score (nSPS) is 33.2. The molecule has 0 bridgehead atoms. The Balaban J connectivity index is 2.26. The largest absolute Gasteiger partial charge is 0.459 e. The van der Waals surface area contributed by atoms with E-state index in [0.29, 0.717) is 0 Å². The molecule has 2 aliphatic rings. The number of fused-ring (bicyclic) bond motifs is 1. The average Bonchev–Trinajstić information content (AvgIpc) is 2.56. The zero-order chi connectivity index (χ0) is 12.5. The molecule has 4 nitrogen and oxygen atoms in total. The molecule has 0 aromatic heterocycles. The van der Waals surface area contributed by atoms with Crippen molar-refractivity contribution in [2.75, 3.05) is 6.61 Å². The number of carbonyl (C=O) groups is 1. The molecule has 0 amide bonds. The number of esters is 1. The molecule has 4 heteroatoms. The van der Waals surface area contributed by atoms with Crippen molar-refractivity contribution in [2.24, 2.45) is 0 Å². The van der Waals surface area contributed by atoms with E-state index in [1.54, 1.807) is 32.1 Å². The fraction of sp³-hybridized carbons (Fsp3) is 0.462. The van der Waals surface area contributed by atoms with Gasteiger partial charge in [-0.1, -0.05) is 30.9 Å². The highest BCUT2D eigenvalue weighted by Crippen LogP contribution is 2.40. The fourth-order valence-corrected chi connectivity index (χ4v) is 2.03. The molecule has 17 heavy (non-hydrogen) atoms. The molecule has 0 radical (unpaired) electrons. The van der Waals surface area contributed by atoms with Crippen LogP contribution in [-0.2, 0) is 19.0 Å². The van der Waals surface area contributed by atoms with E-state index in [-0.39, 0.29) is 6.61 Å². The lowest BCUT2D eigenvalue weighted by molar-refractivity contribution is -0.180. The molecule has 92 valence electrons. The van der Waals surface area contributed by atoms with Crippen LogP contribution in [0.5, 0.6) is 0 Å². The first kappa shape index (κ1) is 12.1. The lowest BCUT2D eigenvalue weighted by Gasteiger charge is -2.27. The molecule has 2 atom stereocenters. The molecule has 2 rings (SSSR count). The SMILES string of the molecule is C=CCOC(=O)[C@]12C=CC=C[C@H]1OC(C)(C)O2. The minimum atomic E-state index is -1.17.